The third-order valence-electron chi connectivity index (χ3n) is 5.13. The summed E-state index contributed by atoms with van der Waals surface area (Å²) in [5.41, 5.74) is -3.50. The van der Waals surface area contributed by atoms with Crippen LogP contribution in [0.1, 0.15) is 11.3 Å². The van der Waals surface area contributed by atoms with Crippen molar-refractivity contribution < 1.29 is 44.1 Å². The van der Waals surface area contributed by atoms with Gasteiger partial charge in [-0.05, 0) is 58.8 Å². The topological polar surface area (TPSA) is 120 Å². The number of halogens is 6. The molecule has 1 N–H and O–H groups in total. The normalized spacial score (nSPS) is 12.7. The lowest BCUT2D eigenvalue weighted by Gasteiger charge is -2.14. The summed E-state index contributed by atoms with van der Waals surface area (Å²) in [6, 6.07) is 11.2. The van der Waals surface area contributed by atoms with Gasteiger partial charge in [-0.15, -0.1) is 0 Å². The van der Waals surface area contributed by atoms with Crippen LogP contribution < -0.4 is 9.46 Å². The van der Waals surface area contributed by atoms with Gasteiger partial charge in [0.05, 0.1) is 16.1 Å². The van der Waals surface area contributed by atoms with Crippen LogP contribution in [0.25, 0.3) is 22.1 Å². The molecule has 0 saturated heterocycles. The van der Waals surface area contributed by atoms with Crippen LogP contribution in [0.3, 0.4) is 0 Å². The van der Waals surface area contributed by atoms with Gasteiger partial charge >= 0.3 is 12.4 Å². The Morgan fingerprint density at radius 3 is 2.26 bits per heavy atom. The first kappa shape index (κ1) is 25.2. The molecule has 5 aromatic rings. The molecule has 0 aliphatic carbocycles. The number of fused-ring (bicyclic) bond motifs is 2. The molecule has 0 radical (unpaired) electrons. The van der Waals surface area contributed by atoms with Crippen molar-refractivity contribution in [3.05, 3.63) is 71.9 Å². The summed E-state index contributed by atoms with van der Waals surface area (Å²) in [6.07, 6.45) is -10.2. The molecular weight excluding hydrogens is 544 g/mol. The summed E-state index contributed by atoms with van der Waals surface area (Å²) in [4.78, 5) is 6.71. The lowest BCUT2D eigenvalue weighted by atomic mass is 10.1. The third kappa shape index (κ3) is 4.89. The molecule has 0 saturated carbocycles. The van der Waals surface area contributed by atoms with Crippen molar-refractivity contribution >= 4 is 37.8 Å². The highest BCUT2D eigenvalue weighted by atomic mass is 32.2. The van der Waals surface area contributed by atoms with E-state index in [2.05, 4.69) is 29.6 Å². The number of hydrogen-bond donors (Lipinski definition) is 1. The Morgan fingerprint density at radius 2 is 1.58 bits per heavy atom. The molecule has 9 nitrogen and oxygen atoms in total. The van der Waals surface area contributed by atoms with Crippen molar-refractivity contribution in [2.45, 2.75) is 17.2 Å². The minimum Gasteiger partial charge on any atom is -0.439 e. The number of benzene rings is 2. The number of pyridine rings is 2. The van der Waals surface area contributed by atoms with Crippen molar-refractivity contribution in [3.8, 4) is 11.6 Å². The van der Waals surface area contributed by atoms with Gasteiger partial charge in [0.1, 0.15) is 17.0 Å². The SMILES string of the molecule is O=S(=O)(Nc1cccc2nonc12)c1ccc(Oc2ccc3c(C(F)(F)F)cc(C(F)(F)F)nc3n2)cc1. The zero-order valence-corrected chi connectivity index (χ0v) is 19.2. The number of rotatable bonds is 5. The molecule has 3 heterocycles. The van der Waals surface area contributed by atoms with Crippen LogP contribution in [0, 0.1) is 0 Å². The van der Waals surface area contributed by atoms with Crippen LogP contribution in [0.2, 0.25) is 0 Å². The first-order chi connectivity index (χ1) is 17.8. The fraction of sp³-hybridized carbons (Fsp3) is 0.0909. The largest absolute Gasteiger partial charge is 0.439 e. The number of ether oxygens (including phenoxy) is 1. The molecule has 0 fully saturated rings. The van der Waals surface area contributed by atoms with Gasteiger partial charge in [-0.25, -0.2) is 18.0 Å². The second kappa shape index (κ2) is 8.83. The number of nitrogens with zero attached hydrogens (tertiary/aromatic N) is 4. The highest BCUT2D eigenvalue weighted by Gasteiger charge is 2.39. The van der Waals surface area contributed by atoms with Crippen molar-refractivity contribution in [2.24, 2.45) is 0 Å². The van der Waals surface area contributed by atoms with E-state index in [0.29, 0.717) is 5.52 Å². The predicted octanol–water partition coefficient (Wildman–Crippen LogP) is 5.80. The van der Waals surface area contributed by atoms with E-state index in [0.717, 1.165) is 12.1 Å². The predicted molar refractivity (Wildman–Crippen MR) is 119 cm³/mol. The molecule has 0 atom stereocenters. The second-order valence-corrected chi connectivity index (χ2v) is 9.37. The Labute approximate surface area is 208 Å². The molecule has 0 spiro atoms. The Kier molecular flexibility index (Phi) is 5.85. The maximum Gasteiger partial charge on any atom is 0.433 e. The minimum absolute atomic E-state index is 0.00150. The van der Waals surface area contributed by atoms with E-state index in [9.17, 15) is 34.8 Å². The quantitative estimate of drug-likeness (QED) is 0.271. The van der Waals surface area contributed by atoms with Crippen LogP contribution >= 0.6 is 0 Å². The summed E-state index contributed by atoms with van der Waals surface area (Å²) < 4.78 is 117. The Balaban J connectivity index is 1.41. The van der Waals surface area contributed by atoms with E-state index >= 15 is 0 Å². The zero-order chi connectivity index (χ0) is 27.3. The number of sulfonamides is 1. The molecular formula is C22H11F6N5O4S. The smallest absolute Gasteiger partial charge is 0.433 e. The van der Waals surface area contributed by atoms with Crippen molar-refractivity contribution in [3.63, 3.8) is 0 Å². The molecule has 0 unspecified atom stereocenters. The number of anilines is 1. The summed E-state index contributed by atoms with van der Waals surface area (Å²) >= 11 is 0. The van der Waals surface area contributed by atoms with E-state index < -0.39 is 44.7 Å². The number of aromatic nitrogens is 4. The average Bonchev–Trinajstić information content (AvgIpc) is 3.32. The average molecular weight is 555 g/mol. The van der Waals surface area contributed by atoms with Crippen molar-refractivity contribution in [1.82, 2.24) is 20.3 Å². The lowest BCUT2D eigenvalue weighted by Crippen LogP contribution is -2.14. The van der Waals surface area contributed by atoms with Crippen LogP contribution in [0.4, 0.5) is 32.0 Å². The summed E-state index contributed by atoms with van der Waals surface area (Å²) in [6.45, 7) is 0. The first-order valence-electron chi connectivity index (χ1n) is 10.3. The fourth-order valence-electron chi connectivity index (χ4n) is 3.42. The Hall–Kier alpha value is -4.47. The van der Waals surface area contributed by atoms with Crippen LogP contribution in [0.15, 0.2) is 70.2 Å². The van der Waals surface area contributed by atoms with E-state index in [1.807, 2.05) is 0 Å². The molecule has 16 heteroatoms. The molecule has 0 aliphatic rings. The van der Waals surface area contributed by atoms with Gasteiger partial charge in [0, 0.05) is 11.5 Å². The Morgan fingerprint density at radius 1 is 0.842 bits per heavy atom. The Bertz CT molecular complexity index is 1770. The fourth-order valence-corrected chi connectivity index (χ4v) is 4.49. The van der Waals surface area contributed by atoms with Gasteiger partial charge in [0.15, 0.2) is 11.2 Å². The highest BCUT2D eigenvalue weighted by Crippen LogP contribution is 2.39. The van der Waals surface area contributed by atoms with Crippen molar-refractivity contribution in [1.29, 1.82) is 0 Å². The van der Waals surface area contributed by atoms with Gasteiger partial charge in [0.2, 0.25) is 5.88 Å². The monoisotopic (exact) mass is 555 g/mol. The molecule has 0 bridgehead atoms. The highest BCUT2D eigenvalue weighted by molar-refractivity contribution is 7.92. The number of alkyl halides is 6. The molecule has 2 aromatic carbocycles. The molecule has 0 aliphatic heterocycles. The van der Waals surface area contributed by atoms with Gasteiger partial charge in [0.25, 0.3) is 10.0 Å². The number of nitrogens with one attached hydrogen (secondary N) is 1. The van der Waals surface area contributed by atoms with E-state index in [4.69, 9.17) is 4.74 Å². The summed E-state index contributed by atoms with van der Waals surface area (Å²) in [7, 11) is -4.09. The van der Waals surface area contributed by atoms with Crippen LogP contribution in [-0.2, 0) is 22.4 Å². The maximum atomic E-state index is 13.3. The van der Waals surface area contributed by atoms with E-state index in [-0.39, 0.29) is 33.8 Å². The van der Waals surface area contributed by atoms with Gasteiger partial charge in [-0.3, -0.25) is 4.72 Å². The van der Waals surface area contributed by atoms with Crippen LogP contribution in [-0.4, -0.2) is 28.7 Å². The van der Waals surface area contributed by atoms with Gasteiger partial charge in [-0.1, -0.05) is 6.07 Å². The first-order valence-corrected chi connectivity index (χ1v) is 11.8. The lowest BCUT2D eigenvalue weighted by molar-refractivity contribution is -0.144. The molecule has 0 amide bonds. The maximum absolute atomic E-state index is 13.3. The van der Waals surface area contributed by atoms with Crippen LogP contribution in [0.5, 0.6) is 11.6 Å². The molecule has 38 heavy (non-hydrogen) atoms. The van der Waals surface area contributed by atoms with Gasteiger partial charge < -0.3 is 4.74 Å². The van der Waals surface area contributed by atoms with E-state index in [1.165, 1.54) is 30.3 Å². The standard InChI is InChI=1S/C22H11F6N5O4S/c23-21(24,25)14-10-17(22(26,27)28)29-20-13(14)8-9-18(30-20)36-11-4-6-12(7-5-11)38(34,35)33-16-3-1-2-15-19(16)32-37-31-15/h1-10,33H. The number of hydrogen-bond acceptors (Lipinski definition) is 8. The molecule has 196 valence electrons. The second-order valence-electron chi connectivity index (χ2n) is 7.69. The summed E-state index contributed by atoms with van der Waals surface area (Å²) in [5.74, 6) is -0.363. The van der Waals surface area contributed by atoms with Gasteiger partial charge in [-0.2, -0.15) is 31.3 Å². The van der Waals surface area contributed by atoms with E-state index in [1.54, 1.807) is 12.1 Å². The summed E-state index contributed by atoms with van der Waals surface area (Å²) in [5, 5.41) is 6.62. The zero-order valence-electron chi connectivity index (χ0n) is 18.4. The molecule has 5 rings (SSSR count). The minimum atomic E-state index is -5.14. The van der Waals surface area contributed by atoms with Crippen molar-refractivity contribution in [2.75, 3.05) is 4.72 Å². The third-order valence-corrected chi connectivity index (χ3v) is 6.51. The molecule has 3 aromatic heterocycles.